The van der Waals surface area contributed by atoms with Crippen LogP contribution in [0, 0.1) is 0 Å². The molecule has 2 aromatic rings. The number of hydrogen-bond donors (Lipinski definition) is 1. The third-order valence-electron chi connectivity index (χ3n) is 3.14. The maximum Gasteiger partial charge on any atom is 0.250 e. The van der Waals surface area contributed by atoms with Gasteiger partial charge in [0.2, 0.25) is 0 Å². The Labute approximate surface area is 140 Å². The molecule has 8 heteroatoms. The summed E-state index contributed by atoms with van der Waals surface area (Å²) in [6.07, 6.45) is 0.594. The van der Waals surface area contributed by atoms with Crippen LogP contribution in [0.1, 0.15) is 18.0 Å². The molecule has 1 N–H and O–H groups in total. The molecular formula is C13H11BrClNO3S2. The summed E-state index contributed by atoms with van der Waals surface area (Å²) in [5.41, 5.74) is 0.856. The van der Waals surface area contributed by atoms with Crippen molar-refractivity contribution in [1.82, 2.24) is 4.72 Å². The summed E-state index contributed by atoms with van der Waals surface area (Å²) in [6.45, 7) is 0.485. The molecule has 1 aliphatic heterocycles. The first-order chi connectivity index (χ1) is 9.97. The summed E-state index contributed by atoms with van der Waals surface area (Å²) in [4.78, 5) is 0. The van der Waals surface area contributed by atoms with Crippen molar-refractivity contribution in [3.8, 4) is 5.75 Å². The molecule has 1 aromatic carbocycles. The number of benzene rings is 1. The first kappa shape index (κ1) is 15.3. The van der Waals surface area contributed by atoms with Crippen molar-refractivity contribution < 1.29 is 13.2 Å². The predicted molar refractivity (Wildman–Crippen MR) is 86.6 cm³/mol. The Balaban J connectivity index is 1.90. The fraction of sp³-hybridized carbons (Fsp3) is 0.231. The molecule has 0 spiro atoms. The van der Waals surface area contributed by atoms with Crippen molar-refractivity contribution in [3.63, 3.8) is 0 Å². The number of sulfonamides is 1. The summed E-state index contributed by atoms with van der Waals surface area (Å²) >= 11 is 10.2. The average molecular weight is 409 g/mol. The van der Waals surface area contributed by atoms with Crippen molar-refractivity contribution in [2.24, 2.45) is 0 Å². The SMILES string of the molecule is O=S(=O)(NC1CCOc2ccccc21)c1cc(Cl)c(Br)s1. The quantitative estimate of drug-likeness (QED) is 0.836. The van der Waals surface area contributed by atoms with Crippen LogP contribution in [-0.2, 0) is 10.0 Å². The highest BCUT2D eigenvalue weighted by Crippen LogP contribution is 2.37. The van der Waals surface area contributed by atoms with Crippen LogP contribution in [0.3, 0.4) is 0 Å². The Hall–Kier alpha value is -0.600. The Morgan fingerprint density at radius 2 is 2.14 bits per heavy atom. The molecule has 2 heterocycles. The molecule has 1 aromatic heterocycles. The van der Waals surface area contributed by atoms with Crippen LogP contribution in [0.2, 0.25) is 5.02 Å². The minimum atomic E-state index is -3.61. The van der Waals surface area contributed by atoms with Gasteiger partial charge in [-0.1, -0.05) is 29.8 Å². The minimum absolute atomic E-state index is 0.198. The minimum Gasteiger partial charge on any atom is -0.493 e. The van der Waals surface area contributed by atoms with Crippen LogP contribution in [0.4, 0.5) is 0 Å². The van der Waals surface area contributed by atoms with Crippen LogP contribution < -0.4 is 9.46 Å². The number of nitrogens with one attached hydrogen (secondary N) is 1. The molecule has 112 valence electrons. The molecule has 0 radical (unpaired) electrons. The standard InChI is InChI=1S/C13H11BrClNO3S2/c14-13-9(15)7-12(20-13)21(17,18)16-10-5-6-19-11-4-2-1-3-8(10)11/h1-4,7,10,16H,5-6H2. The predicted octanol–water partition coefficient (Wildman–Crippen LogP) is 3.97. The third-order valence-corrected chi connectivity index (χ3v) is 7.56. The molecular weight excluding hydrogens is 398 g/mol. The van der Waals surface area contributed by atoms with Crippen LogP contribution in [0.25, 0.3) is 0 Å². The van der Waals surface area contributed by atoms with E-state index in [-0.39, 0.29) is 10.3 Å². The smallest absolute Gasteiger partial charge is 0.250 e. The lowest BCUT2D eigenvalue weighted by Gasteiger charge is -2.26. The topological polar surface area (TPSA) is 55.4 Å². The van der Waals surface area contributed by atoms with Gasteiger partial charge in [0.1, 0.15) is 9.96 Å². The van der Waals surface area contributed by atoms with E-state index in [0.717, 1.165) is 22.6 Å². The van der Waals surface area contributed by atoms with Crippen LogP contribution in [0.5, 0.6) is 5.75 Å². The zero-order valence-electron chi connectivity index (χ0n) is 10.7. The third kappa shape index (κ3) is 3.12. The molecule has 0 saturated heterocycles. The van der Waals surface area contributed by atoms with E-state index < -0.39 is 10.0 Å². The maximum absolute atomic E-state index is 12.5. The van der Waals surface area contributed by atoms with E-state index in [9.17, 15) is 8.42 Å². The Morgan fingerprint density at radius 3 is 2.86 bits per heavy atom. The first-order valence-electron chi connectivity index (χ1n) is 6.16. The summed E-state index contributed by atoms with van der Waals surface area (Å²) in [7, 11) is -3.61. The monoisotopic (exact) mass is 407 g/mol. The van der Waals surface area contributed by atoms with Gasteiger partial charge in [0, 0.05) is 12.0 Å². The van der Waals surface area contributed by atoms with E-state index in [2.05, 4.69) is 20.7 Å². The van der Waals surface area contributed by atoms with E-state index in [1.54, 1.807) is 0 Å². The molecule has 21 heavy (non-hydrogen) atoms. The van der Waals surface area contributed by atoms with Crippen molar-refractivity contribution in [2.45, 2.75) is 16.7 Å². The molecule has 0 amide bonds. The van der Waals surface area contributed by atoms with Crippen LogP contribution in [-0.4, -0.2) is 15.0 Å². The van der Waals surface area contributed by atoms with Gasteiger partial charge in [-0.15, -0.1) is 11.3 Å². The molecule has 0 bridgehead atoms. The second kappa shape index (κ2) is 5.89. The van der Waals surface area contributed by atoms with Crippen molar-refractivity contribution in [3.05, 3.63) is 44.7 Å². The number of halogens is 2. The highest BCUT2D eigenvalue weighted by Gasteiger charge is 2.28. The van der Waals surface area contributed by atoms with E-state index in [0.29, 0.717) is 21.8 Å². The van der Waals surface area contributed by atoms with Gasteiger partial charge in [-0.25, -0.2) is 13.1 Å². The second-order valence-electron chi connectivity index (χ2n) is 4.54. The largest absolute Gasteiger partial charge is 0.493 e. The molecule has 0 fully saturated rings. The zero-order valence-corrected chi connectivity index (χ0v) is 14.7. The normalized spacial score (nSPS) is 18.1. The summed E-state index contributed by atoms with van der Waals surface area (Å²) in [5.74, 6) is 0.724. The maximum atomic E-state index is 12.5. The Bertz CT molecular complexity index is 756. The highest BCUT2D eigenvalue weighted by molar-refractivity contribution is 9.11. The van der Waals surface area contributed by atoms with E-state index in [1.807, 2.05) is 24.3 Å². The van der Waals surface area contributed by atoms with Crippen molar-refractivity contribution in [1.29, 1.82) is 0 Å². The van der Waals surface area contributed by atoms with Crippen molar-refractivity contribution >= 4 is 48.9 Å². The van der Waals surface area contributed by atoms with E-state index in [4.69, 9.17) is 16.3 Å². The fourth-order valence-corrected chi connectivity index (χ4v) is 5.83. The Kier molecular flexibility index (Phi) is 4.29. The number of thiophene rings is 1. The molecule has 1 aliphatic rings. The number of ether oxygens (including phenoxy) is 1. The van der Waals surface area contributed by atoms with Crippen LogP contribution in [0.15, 0.2) is 38.3 Å². The summed E-state index contributed by atoms with van der Waals surface area (Å²) in [6, 6.07) is 8.61. The molecule has 0 saturated carbocycles. The summed E-state index contributed by atoms with van der Waals surface area (Å²) in [5, 5.41) is 0.396. The molecule has 4 nitrogen and oxygen atoms in total. The lowest BCUT2D eigenvalue weighted by molar-refractivity contribution is 0.263. The molecule has 3 rings (SSSR count). The van der Waals surface area contributed by atoms with Gasteiger partial charge in [0.05, 0.1) is 21.5 Å². The second-order valence-corrected chi connectivity index (χ2v) is 9.25. The Morgan fingerprint density at radius 1 is 1.38 bits per heavy atom. The van der Waals surface area contributed by atoms with Gasteiger partial charge in [-0.3, -0.25) is 0 Å². The van der Waals surface area contributed by atoms with E-state index in [1.165, 1.54) is 6.07 Å². The van der Waals surface area contributed by atoms with E-state index >= 15 is 0 Å². The van der Waals surface area contributed by atoms with Crippen molar-refractivity contribution in [2.75, 3.05) is 6.61 Å². The van der Waals surface area contributed by atoms with Crippen LogP contribution >= 0.6 is 38.9 Å². The molecule has 0 aliphatic carbocycles. The van der Waals surface area contributed by atoms with Gasteiger partial charge >= 0.3 is 0 Å². The number of hydrogen-bond acceptors (Lipinski definition) is 4. The fourth-order valence-electron chi connectivity index (χ4n) is 2.17. The molecule has 1 atom stereocenters. The highest BCUT2D eigenvalue weighted by atomic mass is 79.9. The lowest BCUT2D eigenvalue weighted by Crippen LogP contribution is -2.31. The number of fused-ring (bicyclic) bond motifs is 1. The van der Waals surface area contributed by atoms with Gasteiger partial charge in [-0.2, -0.15) is 0 Å². The average Bonchev–Trinajstić information content (AvgIpc) is 2.80. The zero-order chi connectivity index (χ0) is 15.0. The van der Waals surface area contributed by atoms with Gasteiger partial charge < -0.3 is 4.74 Å². The van der Waals surface area contributed by atoms with Gasteiger partial charge in [0.15, 0.2) is 0 Å². The number of para-hydroxylation sites is 1. The van der Waals surface area contributed by atoms with Gasteiger partial charge in [-0.05, 0) is 28.1 Å². The number of rotatable bonds is 3. The summed E-state index contributed by atoms with van der Waals surface area (Å²) < 4.78 is 34.0. The first-order valence-corrected chi connectivity index (χ1v) is 9.63. The van der Waals surface area contributed by atoms with Gasteiger partial charge in [0.25, 0.3) is 10.0 Å². The lowest BCUT2D eigenvalue weighted by atomic mass is 10.0. The molecule has 1 unspecified atom stereocenters.